The van der Waals surface area contributed by atoms with Gasteiger partial charge in [-0.2, -0.15) is 0 Å². The minimum atomic E-state index is -0.501. The predicted molar refractivity (Wildman–Crippen MR) is 75.7 cm³/mol. The van der Waals surface area contributed by atoms with E-state index in [-0.39, 0.29) is 30.7 Å². The summed E-state index contributed by atoms with van der Waals surface area (Å²) >= 11 is 0. The second-order valence-electron chi connectivity index (χ2n) is 5.21. The second kappa shape index (κ2) is 6.67. The molecule has 1 atom stereocenters. The smallest absolute Gasteiger partial charge is 0.238 e. The molecule has 0 aliphatic carbocycles. The number of halogens is 1. The molecule has 1 aromatic carbocycles. The third kappa shape index (κ3) is 3.91. The van der Waals surface area contributed by atoms with E-state index in [4.69, 9.17) is 10.8 Å². The van der Waals surface area contributed by atoms with Crippen LogP contribution in [0, 0.1) is 11.7 Å². The molecular weight excluding hydrogens is 261 g/mol. The van der Waals surface area contributed by atoms with Crippen LogP contribution >= 0.6 is 0 Å². The molecule has 5 nitrogen and oxygen atoms in total. The quantitative estimate of drug-likeness (QED) is 0.721. The number of benzene rings is 1. The lowest BCUT2D eigenvalue weighted by Gasteiger charge is -2.31. The van der Waals surface area contributed by atoms with Gasteiger partial charge in [0.15, 0.2) is 0 Å². The molecule has 0 aromatic heterocycles. The topological polar surface area (TPSA) is 78.6 Å². The zero-order chi connectivity index (χ0) is 14.5. The Morgan fingerprint density at radius 2 is 2.35 bits per heavy atom. The number of nitrogens with one attached hydrogen (secondary N) is 1. The zero-order valence-electron chi connectivity index (χ0n) is 11.3. The lowest BCUT2D eigenvalue weighted by Crippen LogP contribution is -2.41. The van der Waals surface area contributed by atoms with Gasteiger partial charge in [-0.1, -0.05) is 0 Å². The molecule has 6 heteroatoms. The fourth-order valence-electron chi connectivity index (χ4n) is 2.48. The average Bonchev–Trinajstić information content (AvgIpc) is 2.43. The Morgan fingerprint density at radius 1 is 1.55 bits per heavy atom. The van der Waals surface area contributed by atoms with Gasteiger partial charge in [0.05, 0.1) is 12.2 Å². The van der Waals surface area contributed by atoms with Crippen molar-refractivity contribution in [3.05, 3.63) is 24.0 Å². The number of aliphatic hydroxyl groups is 1. The minimum Gasteiger partial charge on any atom is -0.399 e. The first-order chi connectivity index (χ1) is 9.58. The number of hydrogen-bond acceptors (Lipinski definition) is 4. The van der Waals surface area contributed by atoms with Gasteiger partial charge in [0, 0.05) is 18.8 Å². The molecule has 1 amide bonds. The highest BCUT2D eigenvalue weighted by molar-refractivity contribution is 5.92. The monoisotopic (exact) mass is 281 g/mol. The molecule has 0 spiro atoms. The number of aliphatic hydroxyl groups excluding tert-OH is 1. The summed E-state index contributed by atoms with van der Waals surface area (Å²) in [6.07, 6.45) is 1.95. The minimum absolute atomic E-state index is 0.103. The van der Waals surface area contributed by atoms with Crippen molar-refractivity contribution >= 4 is 17.3 Å². The van der Waals surface area contributed by atoms with Crippen molar-refractivity contribution in [3.63, 3.8) is 0 Å². The van der Waals surface area contributed by atoms with Crippen LogP contribution in [0.1, 0.15) is 12.8 Å². The van der Waals surface area contributed by atoms with E-state index in [1.54, 1.807) is 0 Å². The van der Waals surface area contributed by atoms with Crippen molar-refractivity contribution in [2.45, 2.75) is 12.8 Å². The Morgan fingerprint density at radius 3 is 3.10 bits per heavy atom. The van der Waals surface area contributed by atoms with Gasteiger partial charge >= 0.3 is 0 Å². The molecule has 1 heterocycles. The van der Waals surface area contributed by atoms with E-state index in [0.717, 1.165) is 19.4 Å². The van der Waals surface area contributed by atoms with Crippen LogP contribution in [0.25, 0.3) is 0 Å². The predicted octanol–water partition coefficient (Wildman–Crippen LogP) is 1.05. The largest absolute Gasteiger partial charge is 0.399 e. The molecule has 0 bridgehead atoms. The standard InChI is InChI=1S/C14H20FN3O2/c15-12-4-3-11(16)6-13(12)17-14(20)8-18-5-1-2-10(7-18)9-19/h3-4,6,10,19H,1-2,5,7-9,16H2,(H,17,20). The third-order valence-corrected chi connectivity index (χ3v) is 3.49. The summed E-state index contributed by atoms with van der Waals surface area (Å²) in [5, 5.41) is 11.7. The Labute approximate surface area is 117 Å². The first-order valence-corrected chi connectivity index (χ1v) is 6.76. The van der Waals surface area contributed by atoms with Gasteiger partial charge in [-0.05, 0) is 43.5 Å². The molecule has 1 aromatic rings. The number of nitrogens with zero attached hydrogens (tertiary/aromatic N) is 1. The van der Waals surface area contributed by atoms with Crippen molar-refractivity contribution in [1.29, 1.82) is 0 Å². The maximum Gasteiger partial charge on any atom is 0.238 e. The summed E-state index contributed by atoms with van der Waals surface area (Å²) in [5.41, 5.74) is 6.07. The Bertz CT molecular complexity index is 481. The lowest BCUT2D eigenvalue weighted by molar-refractivity contribution is -0.117. The van der Waals surface area contributed by atoms with Gasteiger partial charge in [-0.3, -0.25) is 9.69 Å². The van der Waals surface area contributed by atoms with Crippen molar-refractivity contribution < 1.29 is 14.3 Å². The van der Waals surface area contributed by atoms with E-state index < -0.39 is 5.82 Å². The van der Waals surface area contributed by atoms with E-state index in [1.807, 2.05) is 4.90 Å². The van der Waals surface area contributed by atoms with Crippen LogP contribution in [0.4, 0.5) is 15.8 Å². The number of piperidine rings is 1. The summed E-state index contributed by atoms with van der Waals surface area (Å²) in [6, 6.07) is 4.08. The Hall–Kier alpha value is -1.66. The van der Waals surface area contributed by atoms with E-state index >= 15 is 0 Å². The highest BCUT2D eigenvalue weighted by Crippen LogP contribution is 2.18. The Kier molecular flexibility index (Phi) is 4.92. The molecule has 1 saturated heterocycles. The van der Waals surface area contributed by atoms with Crippen LogP contribution in [0.2, 0.25) is 0 Å². The molecule has 110 valence electrons. The van der Waals surface area contributed by atoms with Gasteiger partial charge in [0.25, 0.3) is 0 Å². The summed E-state index contributed by atoms with van der Waals surface area (Å²) in [6.45, 7) is 1.86. The van der Waals surface area contributed by atoms with Gasteiger partial charge < -0.3 is 16.2 Å². The molecule has 1 aliphatic heterocycles. The molecular formula is C14H20FN3O2. The first-order valence-electron chi connectivity index (χ1n) is 6.76. The fraction of sp³-hybridized carbons (Fsp3) is 0.500. The van der Waals surface area contributed by atoms with Gasteiger partial charge in [-0.25, -0.2) is 4.39 Å². The maximum absolute atomic E-state index is 13.5. The van der Waals surface area contributed by atoms with E-state index in [0.29, 0.717) is 12.2 Å². The number of carbonyl (C=O) groups excluding carboxylic acids is 1. The molecule has 1 fully saturated rings. The van der Waals surface area contributed by atoms with Crippen LogP contribution in [0.3, 0.4) is 0 Å². The second-order valence-corrected chi connectivity index (χ2v) is 5.21. The molecule has 20 heavy (non-hydrogen) atoms. The molecule has 0 saturated carbocycles. The summed E-state index contributed by atoms with van der Waals surface area (Å²) in [7, 11) is 0. The number of rotatable bonds is 4. The van der Waals surface area contributed by atoms with Gasteiger partial charge in [0.1, 0.15) is 5.82 Å². The van der Waals surface area contributed by atoms with Gasteiger partial charge in [-0.15, -0.1) is 0 Å². The normalized spacial score (nSPS) is 19.8. The maximum atomic E-state index is 13.5. The van der Waals surface area contributed by atoms with Crippen LogP contribution in [-0.2, 0) is 4.79 Å². The number of carbonyl (C=O) groups is 1. The zero-order valence-corrected chi connectivity index (χ0v) is 11.3. The Balaban J connectivity index is 1.90. The number of amides is 1. The van der Waals surface area contributed by atoms with Crippen molar-refractivity contribution in [2.75, 3.05) is 37.3 Å². The SMILES string of the molecule is Nc1ccc(F)c(NC(=O)CN2CCCC(CO)C2)c1. The van der Waals surface area contributed by atoms with Crippen molar-refractivity contribution in [3.8, 4) is 0 Å². The van der Waals surface area contributed by atoms with Crippen molar-refractivity contribution in [1.82, 2.24) is 4.90 Å². The number of nitrogens with two attached hydrogens (primary N) is 1. The molecule has 4 N–H and O–H groups in total. The van der Waals surface area contributed by atoms with Crippen LogP contribution in [0.15, 0.2) is 18.2 Å². The third-order valence-electron chi connectivity index (χ3n) is 3.49. The molecule has 1 unspecified atom stereocenters. The first kappa shape index (κ1) is 14.7. The number of nitrogen functional groups attached to an aromatic ring is 1. The van der Waals surface area contributed by atoms with Crippen LogP contribution in [-0.4, -0.2) is 42.2 Å². The molecule has 2 rings (SSSR count). The van der Waals surface area contributed by atoms with Crippen LogP contribution in [0.5, 0.6) is 0 Å². The van der Waals surface area contributed by atoms with Crippen LogP contribution < -0.4 is 11.1 Å². The van der Waals surface area contributed by atoms with Gasteiger partial charge in [0.2, 0.25) is 5.91 Å². The molecule has 0 radical (unpaired) electrons. The summed E-state index contributed by atoms with van der Waals surface area (Å²) in [5.74, 6) is -0.548. The van der Waals surface area contributed by atoms with E-state index in [1.165, 1.54) is 18.2 Å². The van der Waals surface area contributed by atoms with E-state index in [2.05, 4.69) is 5.32 Å². The van der Waals surface area contributed by atoms with E-state index in [9.17, 15) is 9.18 Å². The number of likely N-dealkylation sites (tertiary alicyclic amines) is 1. The lowest BCUT2D eigenvalue weighted by atomic mass is 9.99. The fourth-order valence-corrected chi connectivity index (χ4v) is 2.48. The number of anilines is 2. The molecule has 1 aliphatic rings. The summed E-state index contributed by atoms with van der Waals surface area (Å²) in [4.78, 5) is 13.9. The highest BCUT2D eigenvalue weighted by Gasteiger charge is 2.21. The number of hydrogen-bond donors (Lipinski definition) is 3. The van der Waals surface area contributed by atoms with Crippen molar-refractivity contribution in [2.24, 2.45) is 5.92 Å². The highest BCUT2D eigenvalue weighted by atomic mass is 19.1. The summed E-state index contributed by atoms with van der Waals surface area (Å²) < 4.78 is 13.5. The average molecular weight is 281 g/mol.